The number of nitrogens with one attached hydrogen (secondary N) is 1. The van der Waals surface area contributed by atoms with Crippen molar-refractivity contribution in [2.75, 3.05) is 13.6 Å². The van der Waals surface area contributed by atoms with Crippen LogP contribution in [-0.4, -0.2) is 65.1 Å². The fourth-order valence-corrected chi connectivity index (χ4v) is 3.50. The second-order valence-electron chi connectivity index (χ2n) is 6.29. The van der Waals surface area contributed by atoms with Crippen LogP contribution >= 0.6 is 11.6 Å². The van der Waals surface area contributed by atoms with Crippen molar-refractivity contribution in [3.05, 3.63) is 11.1 Å². The molecule has 0 saturated carbocycles. The van der Waals surface area contributed by atoms with Gasteiger partial charge in [0.25, 0.3) is 0 Å². The molecule has 3 aliphatic heterocycles. The van der Waals surface area contributed by atoms with Gasteiger partial charge in [0.05, 0.1) is 5.03 Å². The third kappa shape index (κ3) is 2.40. The number of fused-ring (bicyclic) bond motifs is 1. The zero-order valence-corrected chi connectivity index (χ0v) is 13.7. The van der Waals surface area contributed by atoms with E-state index in [-0.39, 0.29) is 18.0 Å². The number of halogens is 1. The molecule has 3 aliphatic rings. The van der Waals surface area contributed by atoms with Crippen LogP contribution in [0.1, 0.15) is 20.3 Å². The first-order valence-electron chi connectivity index (χ1n) is 7.52. The molecule has 2 unspecified atom stereocenters. The molecule has 118 valence electrons. The van der Waals surface area contributed by atoms with Crippen molar-refractivity contribution < 1.29 is 14.2 Å². The van der Waals surface area contributed by atoms with E-state index in [0.29, 0.717) is 16.9 Å². The van der Waals surface area contributed by atoms with Gasteiger partial charge in [-0.05, 0) is 18.0 Å². The summed E-state index contributed by atoms with van der Waals surface area (Å²) in [6.07, 6.45) is 4.09. The number of hydrogen-bond acceptors (Lipinski definition) is 4. The number of rotatable bonds is 1. The minimum atomic E-state index is -0.509. The maximum atomic E-state index is 12.6. The largest absolute Gasteiger partial charge is 0.399 e. The van der Waals surface area contributed by atoms with Gasteiger partial charge in [-0.1, -0.05) is 18.5 Å². The smallest absolute Gasteiger partial charge is 0.317 e. The van der Waals surface area contributed by atoms with Gasteiger partial charge in [0.15, 0.2) is 12.3 Å². The summed E-state index contributed by atoms with van der Waals surface area (Å²) < 4.78 is 1.60. The molecule has 2 amide bonds. The molecule has 3 rings (SSSR count). The van der Waals surface area contributed by atoms with Crippen LogP contribution in [0.15, 0.2) is 16.1 Å². The lowest BCUT2D eigenvalue weighted by atomic mass is 9.89. The molecular formula is C15H20ClN4O2+. The molecule has 6 nitrogen and oxygen atoms in total. The highest BCUT2D eigenvalue weighted by Crippen LogP contribution is 2.24. The number of dihydropyridines is 1. The van der Waals surface area contributed by atoms with Gasteiger partial charge in [-0.15, -0.1) is 0 Å². The van der Waals surface area contributed by atoms with E-state index in [1.807, 2.05) is 0 Å². The predicted molar refractivity (Wildman–Crippen MR) is 84.3 cm³/mol. The fraction of sp³-hybridized carbons (Fsp3) is 0.600. The Kier molecular flexibility index (Phi) is 3.91. The molecule has 0 radical (unpaired) electrons. The molecule has 4 atom stereocenters. The van der Waals surface area contributed by atoms with Crippen LogP contribution < -0.4 is 5.32 Å². The Morgan fingerprint density at radius 3 is 2.86 bits per heavy atom. The average molecular weight is 324 g/mol. The fourth-order valence-electron chi connectivity index (χ4n) is 3.33. The van der Waals surface area contributed by atoms with Crippen LogP contribution in [0, 0.1) is 5.92 Å². The van der Waals surface area contributed by atoms with E-state index in [0.717, 1.165) is 13.0 Å². The van der Waals surface area contributed by atoms with Crippen LogP contribution in [0.2, 0.25) is 0 Å². The average Bonchev–Trinajstić information content (AvgIpc) is 2.49. The first-order chi connectivity index (χ1) is 10.4. The summed E-state index contributed by atoms with van der Waals surface area (Å²) in [4.78, 5) is 30.7. The van der Waals surface area contributed by atoms with Crippen LogP contribution in [0.4, 0.5) is 0 Å². The summed E-state index contributed by atoms with van der Waals surface area (Å²) in [5, 5.41) is 3.88. The van der Waals surface area contributed by atoms with Crippen LogP contribution in [0.5, 0.6) is 0 Å². The Morgan fingerprint density at radius 2 is 2.14 bits per heavy atom. The minimum Gasteiger partial charge on any atom is -0.317 e. The van der Waals surface area contributed by atoms with Crippen molar-refractivity contribution in [1.82, 2.24) is 10.2 Å². The summed E-state index contributed by atoms with van der Waals surface area (Å²) in [6.45, 7) is 4.99. The summed E-state index contributed by atoms with van der Waals surface area (Å²) in [6, 6.07) is -0.101. The zero-order chi connectivity index (χ0) is 16.0. The topological polar surface area (TPSA) is 64.8 Å². The lowest BCUT2D eigenvalue weighted by molar-refractivity contribution is -0.502. The second kappa shape index (κ2) is 5.59. The number of likely N-dealkylation sites (N-methyl/N-ethyl adjacent to an activating group) is 1. The van der Waals surface area contributed by atoms with Gasteiger partial charge in [0, 0.05) is 32.0 Å². The number of carbonyl (C=O) groups is 2. The third-order valence-corrected chi connectivity index (χ3v) is 4.88. The molecule has 3 heterocycles. The molecule has 1 N–H and O–H groups in total. The lowest BCUT2D eigenvalue weighted by Crippen LogP contribution is -2.61. The van der Waals surface area contributed by atoms with E-state index in [4.69, 9.17) is 11.6 Å². The summed E-state index contributed by atoms with van der Waals surface area (Å²) in [5.41, 5.74) is 0. The van der Waals surface area contributed by atoms with Crippen LogP contribution in [-0.2, 0) is 9.59 Å². The SMILES string of the molecule is C[C@@H]1CC([N+]2=C3N=CC(Cl)=CC3N(C)C(=O)C2=O)[C@@H](C)CN1. The van der Waals surface area contributed by atoms with E-state index in [2.05, 4.69) is 24.2 Å². The van der Waals surface area contributed by atoms with Gasteiger partial charge < -0.3 is 10.2 Å². The standard InChI is InChI=1S/C15H20ClN4O2/c1-8-6-17-9(2)4-11(8)20-13-12(5-10(16)7-18-13)19(3)14(21)15(20)22/h5,7-9,11-12,17H,4,6H2,1-3H3/q+1/t8-,9+,11?,12?/m0/s1. The first kappa shape index (κ1) is 15.4. The number of amidine groups is 1. The van der Waals surface area contributed by atoms with E-state index in [1.165, 1.54) is 11.1 Å². The van der Waals surface area contributed by atoms with Crippen LogP contribution in [0.3, 0.4) is 0 Å². The number of carbonyl (C=O) groups excluding carboxylic acids is 2. The molecule has 0 aromatic heterocycles. The molecule has 1 fully saturated rings. The molecule has 7 heteroatoms. The van der Waals surface area contributed by atoms with Gasteiger partial charge in [-0.3, -0.25) is 4.79 Å². The number of piperidine rings is 1. The highest BCUT2D eigenvalue weighted by atomic mass is 35.5. The maximum Gasteiger partial charge on any atom is 0.399 e. The monoisotopic (exact) mass is 323 g/mol. The highest BCUT2D eigenvalue weighted by molar-refractivity contribution is 6.41. The Hall–Kier alpha value is -1.53. The Bertz CT molecular complexity index is 625. The Morgan fingerprint density at radius 1 is 1.41 bits per heavy atom. The quantitative estimate of drug-likeness (QED) is 0.560. The van der Waals surface area contributed by atoms with Crippen molar-refractivity contribution in [2.24, 2.45) is 10.9 Å². The number of aliphatic imine (C=N–C) groups is 1. The first-order valence-corrected chi connectivity index (χ1v) is 7.90. The van der Waals surface area contributed by atoms with Crippen molar-refractivity contribution in [2.45, 2.75) is 38.4 Å². The minimum absolute atomic E-state index is 0.0266. The molecule has 0 spiro atoms. The second-order valence-corrected chi connectivity index (χ2v) is 6.73. The summed E-state index contributed by atoms with van der Waals surface area (Å²) in [7, 11) is 1.61. The molecule has 0 aliphatic carbocycles. The molecular weight excluding hydrogens is 304 g/mol. The van der Waals surface area contributed by atoms with E-state index < -0.39 is 11.8 Å². The molecule has 0 aromatic carbocycles. The molecule has 1 saturated heterocycles. The molecule has 0 bridgehead atoms. The van der Waals surface area contributed by atoms with E-state index >= 15 is 0 Å². The van der Waals surface area contributed by atoms with Gasteiger partial charge in [0.1, 0.15) is 6.04 Å². The Balaban J connectivity index is 2.10. The maximum absolute atomic E-state index is 12.6. The van der Waals surface area contributed by atoms with E-state index in [9.17, 15) is 9.59 Å². The normalized spacial score (nSPS) is 35.6. The number of amides is 2. The van der Waals surface area contributed by atoms with Crippen molar-refractivity contribution in [1.29, 1.82) is 0 Å². The van der Waals surface area contributed by atoms with Gasteiger partial charge in [-0.25, -0.2) is 4.79 Å². The van der Waals surface area contributed by atoms with Crippen molar-refractivity contribution in [3.63, 3.8) is 0 Å². The summed E-state index contributed by atoms with van der Waals surface area (Å²) >= 11 is 6.02. The summed E-state index contributed by atoms with van der Waals surface area (Å²) in [5.74, 6) is -0.156. The number of allylic oxidation sites excluding steroid dienone is 1. The van der Waals surface area contributed by atoms with Gasteiger partial charge in [-0.2, -0.15) is 4.58 Å². The molecule has 0 aromatic rings. The van der Waals surface area contributed by atoms with Gasteiger partial charge >= 0.3 is 17.6 Å². The molecule has 22 heavy (non-hydrogen) atoms. The third-order valence-electron chi connectivity index (χ3n) is 4.66. The van der Waals surface area contributed by atoms with Crippen molar-refractivity contribution in [3.8, 4) is 0 Å². The van der Waals surface area contributed by atoms with Gasteiger partial charge in [0.2, 0.25) is 0 Å². The predicted octanol–water partition coefficient (Wildman–Crippen LogP) is 0.358. The number of nitrogens with zero attached hydrogens (tertiary/aromatic N) is 3. The lowest BCUT2D eigenvalue weighted by Gasteiger charge is -2.36. The Labute approximate surface area is 134 Å². The van der Waals surface area contributed by atoms with E-state index in [1.54, 1.807) is 17.7 Å². The number of hydrogen-bond donors (Lipinski definition) is 1. The highest BCUT2D eigenvalue weighted by Gasteiger charge is 2.49. The van der Waals surface area contributed by atoms with Crippen LogP contribution in [0.25, 0.3) is 0 Å². The zero-order valence-electron chi connectivity index (χ0n) is 12.9. The van der Waals surface area contributed by atoms with Crippen molar-refractivity contribution >= 4 is 35.5 Å².